The zero-order valence-corrected chi connectivity index (χ0v) is 10.7. The first-order chi connectivity index (χ1) is 8.36. The predicted octanol–water partition coefficient (Wildman–Crippen LogP) is 1.66. The Morgan fingerprint density at radius 1 is 1.41 bits per heavy atom. The third-order valence-corrected chi connectivity index (χ3v) is 3.54. The summed E-state index contributed by atoms with van der Waals surface area (Å²) in [5, 5.41) is 7.04. The monoisotopic (exact) mass is 233 g/mol. The van der Waals surface area contributed by atoms with E-state index < -0.39 is 0 Å². The van der Waals surface area contributed by atoms with Crippen LogP contribution in [0.3, 0.4) is 0 Å². The lowest BCUT2D eigenvalue weighted by Crippen LogP contribution is -2.40. The van der Waals surface area contributed by atoms with Crippen LogP contribution in [0.15, 0.2) is 18.5 Å². The van der Waals surface area contributed by atoms with Crippen LogP contribution in [0.5, 0.6) is 0 Å². The van der Waals surface area contributed by atoms with Crippen molar-refractivity contribution < 1.29 is 0 Å². The number of rotatable bonds is 5. The summed E-state index contributed by atoms with van der Waals surface area (Å²) in [4.78, 5) is 4.19. The molecule has 17 heavy (non-hydrogen) atoms. The zero-order chi connectivity index (χ0) is 11.9. The highest BCUT2D eigenvalue weighted by molar-refractivity contribution is 5.21. The summed E-state index contributed by atoms with van der Waals surface area (Å²) in [6, 6.07) is 2.82. The third kappa shape index (κ3) is 4.10. The maximum atomic E-state index is 4.19. The molecule has 0 atom stereocenters. The molecule has 1 aliphatic rings. The Balaban J connectivity index is 1.64. The van der Waals surface area contributed by atoms with Crippen LogP contribution in [-0.2, 0) is 6.42 Å². The molecule has 0 aliphatic carbocycles. The minimum absolute atomic E-state index is 0.728. The van der Waals surface area contributed by atoms with Crippen molar-refractivity contribution in [2.45, 2.75) is 38.6 Å². The van der Waals surface area contributed by atoms with E-state index in [4.69, 9.17) is 0 Å². The van der Waals surface area contributed by atoms with Gasteiger partial charge in [0.05, 0.1) is 0 Å². The topological polar surface area (TPSA) is 37.0 Å². The minimum Gasteiger partial charge on any atom is -0.317 e. The Kier molecular flexibility index (Phi) is 4.95. The molecule has 94 valence electrons. The van der Waals surface area contributed by atoms with Crippen LogP contribution >= 0.6 is 0 Å². The second kappa shape index (κ2) is 6.72. The molecule has 0 amide bonds. The molecule has 3 nitrogen and oxygen atoms in total. The van der Waals surface area contributed by atoms with Gasteiger partial charge < -0.3 is 10.6 Å². The fraction of sp³-hybridized carbons (Fsp3) is 0.643. The van der Waals surface area contributed by atoms with Gasteiger partial charge in [0, 0.05) is 18.4 Å². The van der Waals surface area contributed by atoms with Crippen LogP contribution in [-0.4, -0.2) is 30.7 Å². The first-order valence-electron chi connectivity index (χ1n) is 6.70. The van der Waals surface area contributed by atoms with Crippen molar-refractivity contribution in [3.05, 3.63) is 29.6 Å². The summed E-state index contributed by atoms with van der Waals surface area (Å²) in [5.74, 6) is 0. The molecule has 0 radical (unpaired) electrons. The average molecular weight is 233 g/mol. The smallest absolute Gasteiger partial charge is 0.0302 e. The summed E-state index contributed by atoms with van der Waals surface area (Å²) < 4.78 is 0. The highest BCUT2D eigenvalue weighted by atomic mass is 15.0. The van der Waals surface area contributed by atoms with E-state index in [9.17, 15) is 0 Å². The van der Waals surface area contributed by atoms with Gasteiger partial charge in [0.1, 0.15) is 0 Å². The van der Waals surface area contributed by atoms with Gasteiger partial charge >= 0.3 is 0 Å². The van der Waals surface area contributed by atoms with Gasteiger partial charge in [-0.25, -0.2) is 0 Å². The van der Waals surface area contributed by atoms with Crippen molar-refractivity contribution in [2.24, 2.45) is 0 Å². The Hall–Kier alpha value is -0.930. The van der Waals surface area contributed by atoms with Gasteiger partial charge in [-0.15, -0.1) is 0 Å². The van der Waals surface area contributed by atoms with Crippen LogP contribution < -0.4 is 10.6 Å². The third-order valence-electron chi connectivity index (χ3n) is 3.54. The van der Waals surface area contributed by atoms with E-state index in [1.807, 2.05) is 12.4 Å². The number of nitrogens with zero attached hydrogens (tertiary/aromatic N) is 1. The molecule has 1 aromatic rings. The highest BCUT2D eigenvalue weighted by Gasteiger charge is 2.11. The molecule has 2 N–H and O–H groups in total. The predicted molar refractivity (Wildman–Crippen MR) is 71.2 cm³/mol. The van der Waals surface area contributed by atoms with Gasteiger partial charge in [-0.3, -0.25) is 4.98 Å². The van der Waals surface area contributed by atoms with Gasteiger partial charge in [0.25, 0.3) is 0 Å². The lowest BCUT2D eigenvalue weighted by atomic mass is 10.1. The summed E-state index contributed by atoms with van der Waals surface area (Å²) in [5.41, 5.74) is 2.75. The van der Waals surface area contributed by atoms with E-state index in [1.165, 1.54) is 43.5 Å². The molecule has 1 fully saturated rings. The van der Waals surface area contributed by atoms with Crippen molar-refractivity contribution in [2.75, 3.05) is 19.6 Å². The van der Waals surface area contributed by atoms with E-state index in [0.717, 1.165) is 19.0 Å². The van der Waals surface area contributed by atoms with Gasteiger partial charge in [0.2, 0.25) is 0 Å². The van der Waals surface area contributed by atoms with Crippen molar-refractivity contribution in [1.82, 2.24) is 15.6 Å². The molecule has 1 aromatic heterocycles. The molecule has 0 saturated carbocycles. The molecule has 1 aliphatic heterocycles. The second-order valence-electron chi connectivity index (χ2n) is 4.88. The molecular weight excluding hydrogens is 210 g/mol. The highest BCUT2D eigenvalue weighted by Crippen LogP contribution is 2.08. The zero-order valence-electron chi connectivity index (χ0n) is 10.7. The number of hydrogen-bond acceptors (Lipinski definition) is 3. The molecule has 1 saturated heterocycles. The largest absolute Gasteiger partial charge is 0.317 e. The first-order valence-corrected chi connectivity index (χ1v) is 6.70. The van der Waals surface area contributed by atoms with E-state index in [-0.39, 0.29) is 0 Å². The van der Waals surface area contributed by atoms with Gasteiger partial charge in [-0.05, 0) is 69.4 Å². The fourth-order valence-electron chi connectivity index (χ4n) is 2.37. The molecule has 0 spiro atoms. The molecule has 2 rings (SSSR count). The van der Waals surface area contributed by atoms with Crippen molar-refractivity contribution in [3.8, 4) is 0 Å². The van der Waals surface area contributed by atoms with E-state index in [1.54, 1.807) is 0 Å². The van der Waals surface area contributed by atoms with Crippen LogP contribution in [0.1, 0.15) is 30.4 Å². The minimum atomic E-state index is 0.728. The number of aromatic nitrogens is 1. The molecule has 2 heterocycles. The molecule has 3 heteroatoms. The number of aryl methyl sites for hydroxylation is 2. The van der Waals surface area contributed by atoms with Crippen LogP contribution in [0.4, 0.5) is 0 Å². The van der Waals surface area contributed by atoms with E-state index in [2.05, 4.69) is 28.6 Å². The Morgan fingerprint density at radius 3 is 3.00 bits per heavy atom. The number of piperidine rings is 1. The maximum Gasteiger partial charge on any atom is 0.0302 e. The lowest BCUT2D eigenvalue weighted by molar-refractivity contribution is 0.386. The molecule has 0 aromatic carbocycles. The molecular formula is C14H23N3. The normalized spacial score (nSPS) is 17.2. The summed E-state index contributed by atoms with van der Waals surface area (Å²) in [6.07, 6.45) is 8.75. The molecule has 0 bridgehead atoms. The summed E-state index contributed by atoms with van der Waals surface area (Å²) in [7, 11) is 0. The lowest BCUT2D eigenvalue weighted by Gasteiger charge is -2.23. The Labute approximate surface area is 104 Å². The van der Waals surface area contributed by atoms with Crippen molar-refractivity contribution in [3.63, 3.8) is 0 Å². The number of hydrogen-bond donors (Lipinski definition) is 2. The number of nitrogens with one attached hydrogen (secondary N) is 2. The molecule has 0 unspecified atom stereocenters. The van der Waals surface area contributed by atoms with Crippen molar-refractivity contribution in [1.29, 1.82) is 0 Å². The average Bonchev–Trinajstić information content (AvgIpc) is 2.38. The maximum absolute atomic E-state index is 4.19. The van der Waals surface area contributed by atoms with Crippen LogP contribution in [0.25, 0.3) is 0 Å². The number of pyridine rings is 1. The van der Waals surface area contributed by atoms with Crippen LogP contribution in [0.2, 0.25) is 0 Å². The van der Waals surface area contributed by atoms with Crippen molar-refractivity contribution >= 4 is 0 Å². The summed E-state index contributed by atoms with van der Waals surface area (Å²) >= 11 is 0. The fourth-order valence-corrected chi connectivity index (χ4v) is 2.37. The Bertz CT molecular complexity index is 332. The van der Waals surface area contributed by atoms with Crippen LogP contribution in [0, 0.1) is 6.92 Å². The van der Waals surface area contributed by atoms with Gasteiger partial charge in [-0.1, -0.05) is 0 Å². The van der Waals surface area contributed by atoms with E-state index in [0.29, 0.717) is 0 Å². The standard InChI is InChI=1S/C14H23N3/c1-12-4-8-16-11-13(12)3-2-7-17-14-5-9-15-10-6-14/h4,8,11,14-15,17H,2-3,5-7,9-10H2,1H3. The Morgan fingerprint density at radius 2 is 2.24 bits per heavy atom. The van der Waals surface area contributed by atoms with Gasteiger partial charge in [0.15, 0.2) is 0 Å². The van der Waals surface area contributed by atoms with E-state index >= 15 is 0 Å². The van der Waals surface area contributed by atoms with Gasteiger partial charge in [-0.2, -0.15) is 0 Å². The second-order valence-corrected chi connectivity index (χ2v) is 4.88. The summed E-state index contributed by atoms with van der Waals surface area (Å²) in [6.45, 7) is 5.62. The first kappa shape index (κ1) is 12.5. The quantitative estimate of drug-likeness (QED) is 0.760. The SMILES string of the molecule is Cc1ccncc1CCCNC1CCNCC1.